The Balaban J connectivity index is 2.15. The fourth-order valence-electron chi connectivity index (χ4n) is 9.18. The summed E-state index contributed by atoms with van der Waals surface area (Å²) in [6.45, 7) is 10.4. The van der Waals surface area contributed by atoms with Crippen LogP contribution in [0.5, 0.6) is 11.5 Å². The molecule has 2 heterocycles. The maximum Gasteiger partial charge on any atom is 0.306 e. The van der Waals surface area contributed by atoms with Crippen LogP contribution in [-0.4, -0.2) is 77.8 Å². The summed E-state index contributed by atoms with van der Waals surface area (Å²) in [6.07, 6.45) is -1.41. The number of rotatable bonds is 13. The Bertz CT molecular complexity index is 2040. The summed E-state index contributed by atoms with van der Waals surface area (Å²) in [5, 5.41) is 9.75. The molecule has 0 spiro atoms. The second-order valence-electron chi connectivity index (χ2n) is 16.5. The predicted octanol–water partition coefficient (Wildman–Crippen LogP) is 8.55. The van der Waals surface area contributed by atoms with E-state index in [9.17, 15) is 19.5 Å². The summed E-state index contributed by atoms with van der Waals surface area (Å²) in [7, 11) is 2.95. The molecule has 1 saturated heterocycles. The molecule has 56 heavy (non-hydrogen) atoms. The highest BCUT2D eigenvalue weighted by molar-refractivity contribution is 6.31. The summed E-state index contributed by atoms with van der Waals surface area (Å²) in [4.78, 5) is 58.0. The number of hydrogen-bond donors (Lipinski definition) is 1. The van der Waals surface area contributed by atoms with Crippen molar-refractivity contribution in [2.75, 3.05) is 25.7 Å². The lowest BCUT2D eigenvalue weighted by Gasteiger charge is -2.51. The molecule has 2 aromatic rings. The van der Waals surface area contributed by atoms with Crippen molar-refractivity contribution in [2.24, 2.45) is 17.8 Å². The molecule has 2 aromatic carbocycles. The molecule has 3 unspecified atom stereocenters. The van der Waals surface area contributed by atoms with Crippen molar-refractivity contribution in [3.8, 4) is 11.5 Å². The van der Waals surface area contributed by atoms with Gasteiger partial charge in [0.1, 0.15) is 17.3 Å². The second-order valence-corrected chi connectivity index (χ2v) is 16.9. The van der Waals surface area contributed by atoms with Crippen molar-refractivity contribution >= 4 is 41.0 Å². The topological polar surface area (TPSA) is 132 Å². The zero-order valence-corrected chi connectivity index (χ0v) is 35.6. The fraction of sp³-hybridized carbons (Fsp3) is 0.636. The third-order valence-electron chi connectivity index (χ3n) is 11.8. The van der Waals surface area contributed by atoms with Gasteiger partial charge in [0.2, 0.25) is 5.91 Å². The first-order valence-corrected chi connectivity index (χ1v) is 19.5. The first-order chi connectivity index (χ1) is 28.4. The van der Waals surface area contributed by atoms with Gasteiger partial charge >= 0.3 is 11.9 Å². The van der Waals surface area contributed by atoms with Gasteiger partial charge in [-0.3, -0.25) is 19.2 Å². The molecule has 2 aliphatic heterocycles. The van der Waals surface area contributed by atoms with Gasteiger partial charge < -0.3 is 33.9 Å². The summed E-state index contributed by atoms with van der Waals surface area (Å²) in [5.74, 6) is -6.19. The number of aryl methyl sites for hydroxylation is 2. The van der Waals surface area contributed by atoms with Crippen molar-refractivity contribution in [1.82, 2.24) is 4.90 Å². The number of nitrogens with zero attached hydrogens (tertiary/aromatic N) is 2. The number of carbonyl (C=O) groups excluding carboxylic acids is 3. The number of esters is 1. The monoisotopic (exact) mass is 804 g/mol. The molecular formula is C44H63ClN2O9. The molecule has 0 radical (unpaired) electrons. The number of benzene rings is 2. The third-order valence-corrected chi connectivity index (χ3v) is 12.2. The molecule has 1 fully saturated rings. The van der Waals surface area contributed by atoms with Crippen LogP contribution in [0.3, 0.4) is 0 Å². The highest BCUT2D eigenvalue weighted by Gasteiger charge is 2.55. The first kappa shape index (κ1) is 36.5. The molecule has 0 aromatic heterocycles. The number of likely N-dealkylation sites (tertiary alicyclic amines) is 1. The van der Waals surface area contributed by atoms with Crippen LogP contribution in [0.4, 0.5) is 5.69 Å². The van der Waals surface area contributed by atoms with E-state index in [1.165, 1.54) is 46.8 Å². The van der Waals surface area contributed by atoms with Crippen LogP contribution in [0.2, 0.25) is 5.02 Å². The van der Waals surface area contributed by atoms with Crippen molar-refractivity contribution in [1.29, 1.82) is 0 Å². The lowest BCUT2D eigenvalue weighted by molar-refractivity contribution is -0.167. The Morgan fingerprint density at radius 3 is 2.29 bits per heavy atom. The van der Waals surface area contributed by atoms with Crippen molar-refractivity contribution in [3.63, 3.8) is 0 Å². The SMILES string of the molecule is [2H]C([2H])([2H])C(C(C(C)(C)OC(=O)CC)C(C)(C)N1C(=O)[C@@H](CC(=O)N2CCC(CC(=O)O)CC2C)O[C@](C)(c2c(C)c(C)cc(OC)c2OC)c2cc(Cl)c(C)cc21)C([2H])([2H])[2H]. The van der Waals surface area contributed by atoms with Gasteiger partial charge in [-0.25, -0.2) is 0 Å². The number of carboxylic acids is 1. The Morgan fingerprint density at radius 1 is 1.07 bits per heavy atom. The number of halogens is 1. The van der Waals surface area contributed by atoms with Crippen LogP contribution in [0.25, 0.3) is 0 Å². The summed E-state index contributed by atoms with van der Waals surface area (Å²) in [6, 6.07) is 4.71. The van der Waals surface area contributed by atoms with Crippen LogP contribution >= 0.6 is 11.6 Å². The van der Waals surface area contributed by atoms with Gasteiger partial charge in [-0.15, -0.1) is 0 Å². The summed E-state index contributed by atoms with van der Waals surface area (Å²) < 4.78 is 76.9. The molecule has 2 aliphatic rings. The zero-order valence-electron chi connectivity index (χ0n) is 40.8. The molecule has 0 bridgehead atoms. The highest BCUT2D eigenvalue weighted by atomic mass is 35.5. The fourth-order valence-corrected chi connectivity index (χ4v) is 9.34. The van der Waals surface area contributed by atoms with Crippen molar-refractivity contribution in [3.05, 3.63) is 51.0 Å². The van der Waals surface area contributed by atoms with Crippen molar-refractivity contribution < 1.29 is 51.5 Å². The summed E-state index contributed by atoms with van der Waals surface area (Å²) >= 11 is 6.96. The van der Waals surface area contributed by atoms with Gasteiger partial charge in [0.05, 0.1) is 26.3 Å². The van der Waals surface area contributed by atoms with E-state index in [1.54, 1.807) is 43.9 Å². The van der Waals surface area contributed by atoms with Crippen LogP contribution in [0.15, 0.2) is 18.2 Å². The average molecular weight is 805 g/mol. The Kier molecular flexibility index (Phi) is 11.0. The Labute approximate surface area is 346 Å². The molecule has 12 heteroatoms. The molecule has 11 nitrogen and oxygen atoms in total. The van der Waals surface area contributed by atoms with Gasteiger partial charge in [-0.05, 0) is 122 Å². The largest absolute Gasteiger partial charge is 0.493 e. The predicted molar refractivity (Wildman–Crippen MR) is 218 cm³/mol. The van der Waals surface area contributed by atoms with E-state index >= 15 is 4.79 Å². The Morgan fingerprint density at radius 2 is 1.73 bits per heavy atom. The van der Waals surface area contributed by atoms with E-state index in [-0.39, 0.29) is 47.8 Å². The minimum Gasteiger partial charge on any atom is -0.493 e. The molecule has 1 N–H and O–H groups in total. The maximum absolute atomic E-state index is 15.9. The molecule has 0 saturated carbocycles. The van der Waals surface area contributed by atoms with Crippen LogP contribution in [-0.2, 0) is 34.3 Å². The number of anilines is 1. The number of ether oxygens (including phenoxy) is 4. The quantitative estimate of drug-likeness (QED) is 0.198. The number of hydrogen-bond acceptors (Lipinski definition) is 8. The molecule has 5 atom stereocenters. The van der Waals surface area contributed by atoms with Crippen LogP contribution in [0, 0.1) is 38.5 Å². The van der Waals surface area contributed by atoms with E-state index in [4.69, 9.17) is 38.8 Å². The minimum absolute atomic E-state index is 0.0427. The lowest BCUT2D eigenvalue weighted by atomic mass is 9.68. The van der Waals surface area contributed by atoms with E-state index in [1.807, 2.05) is 20.8 Å². The molecule has 0 aliphatic carbocycles. The normalized spacial score (nSPS) is 24.4. The number of fused-ring (bicyclic) bond motifs is 1. The van der Waals surface area contributed by atoms with Crippen LogP contribution in [0.1, 0.15) is 130 Å². The first-order valence-electron chi connectivity index (χ1n) is 22.2. The minimum atomic E-state index is -3.16. The molecule has 4 rings (SSSR count). The van der Waals surface area contributed by atoms with E-state index in [0.29, 0.717) is 40.8 Å². The number of amides is 2. The molecular weight excluding hydrogens is 736 g/mol. The third kappa shape index (κ3) is 8.54. The van der Waals surface area contributed by atoms with E-state index in [0.717, 1.165) is 5.56 Å². The Hall–Kier alpha value is -3.83. The number of piperidine rings is 1. The van der Waals surface area contributed by atoms with Gasteiger partial charge in [-0.1, -0.05) is 32.2 Å². The number of carbonyl (C=O) groups is 4. The van der Waals surface area contributed by atoms with Gasteiger partial charge in [0.15, 0.2) is 11.5 Å². The highest BCUT2D eigenvalue weighted by Crippen LogP contribution is 2.54. The number of carboxylic acid groups (broad SMARTS) is 1. The van der Waals surface area contributed by atoms with E-state index in [2.05, 4.69) is 0 Å². The second kappa shape index (κ2) is 16.9. The number of aliphatic carboxylic acids is 1. The number of methoxy groups -OCH3 is 2. The maximum atomic E-state index is 15.9. The summed E-state index contributed by atoms with van der Waals surface area (Å²) in [5.41, 5.74) is -2.43. The zero-order chi connectivity index (χ0) is 47.2. The van der Waals surface area contributed by atoms with Gasteiger partial charge in [-0.2, -0.15) is 0 Å². The molecule has 2 amide bonds. The van der Waals surface area contributed by atoms with Gasteiger partial charge in [0, 0.05) is 61.3 Å². The smallest absolute Gasteiger partial charge is 0.306 e. The van der Waals surface area contributed by atoms with Crippen LogP contribution < -0.4 is 14.4 Å². The lowest BCUT2D eigenvalue weighted by Crippen LogP contribution is -2.62. The molecule has 310 valence electrons. The van der Waals surface area contributed by atoms with Crippen molar-refractivity contribution in [2.45, 2.75) is 144 Å². The van der Waals surface area contributed by atoms with E-state index < -0.39 is 78.6 Å². The average Bonchev–Trinajstić information content (AvgIpc) is 3.21. The standard InChI is InChI=1S/C44H63ClN2O9/c1-15-37(51)56-43(10,11)40(24(2)3)42(8,9)47-32-18-26(5)31(45)22-30(32)44(12,38-28(7)25(4)19-33(53-13)39(38)54-14)55-34(41(47)52)23-35(48)46-17-16-29(20-27(46)6)21-36(49)50/h18-19,22,24,27,29,34,40H,15-17,20-21,23H2,1-14H3,(H,49,50)/t27?,29?,34-,40?,44+/m1/s1/i2D3,3D3. The van der Waals surface area contributed by atoms with Gasteiger partial charge in [0.25, 0.3) is 5.91 Å².